The molecule has 0 radical (unpaired) electrons. The zero-order valence-electron chi connectivity index (χ0n) is 17.8. The van der Waals surface area contributed by atoms with Crippen LogP contribution in [0.15, 0.2) is 30.3 Å². The van der Waals surface area contributed by atoms with Crippen LogP contribution in [0.3, 0.4) is 0 Å². The molecule has 1 saturated carbocycles. The van der Waals surface area contributed by atoms with Gasteiger partial charge in [0.15, 0.2) is 0 Å². The number of carbonyl (C=O) groups excluding carboxylic acids is 4. The summed E-state index contributed by atoms with van der Waals surface area (Å²) in [5, 5.41) is 11.2. The Morgan fingerprint density at radius 2 is 1.77 bits per heavy atom. The highest BCUT2D eigenvalue weighted by Gasteiger charge is 2.50. The number of fused-ring (bicyclic) bond motifs is 1. The van der Waals surface area contributed by atoms with Crippen LogP contribution in [0.25, 0.3) is 0 Å². The number of carboxylic acid groups (broad SMARTS) is 1. The van der Waals surface area contributed by atoms with E-state index in [1.54, 1.807) is 9.80 Å². The van der Waals surface area contributed by atoms with Crippen LogP contribution < -0.4 is 5.11 Å². The number of imide groups is 1. The van der Waals surface area contributed by atoms with Gasteiger partial charge in [-0.2, -0.15) is 0 Å². The maximum absolute atomic E-state index is 13.1. The zero-order chi connectivity index (χ0) is 22.2. The van der Waals surface area contributed by atoms with Crippen molar-refractivity contribution in [3.63, 3.8) is 0 Å². The number of carboxylic acids is 1. The van der Waals surface area contributed by atoms with Gasteiger partial charge in [-0.3, -0.25) is 14.5 Å². The maximum Gasteiger partial charge on any atom is 0.328 e. The Bertz CT molecular complexity index is 880. The number of carbonyl (C=O) groups is 4. The second kappa shape index (κ2) is 8.32. The van der Waals surface area contributed by atoms with Crippen LogP contribution in [-0.2, 0) is 14.4 Å². The lowest BCUT2D eigenvalue weighted by molar-refractivity contribution is -0.308. The molecule has 4 rings (SSSR count). The fourth-order valence-corrected chi connectivity index (χ4v) is 5.36. The van der Waals surface area contributed by atoms with Crippen LogP contribution in [0.5, 0.6) is 0 Å². The molecule has 166 valence electrons. The highest BCUT2D eigenvalue weighted by molar-refractivity contribution is 6.05. The standard InChI is InChI=1S/C23H29N3O5/c1-16(17-7-3-2-4-8-17)26-21(30)18-15-24(11-12-25(18)22(26)31)19(27)13-23(14-20(28)29)9-5-6-10-23/h2-4,7-8,16,18H,5-6,9-15H2,1H3,(H,28,29)/p-1/t16-,18-/m0/s1. The first-order chi connectivity index (χ1) is 14.8. The largest absolute Gasteiger partial charge is 0.550 e. The van der Waals surface area contributed by atoms with E-state index in [2.05, 4.69) is 0 Å². The summed E-state index contributed by atoms with van der Waals surface area (Å²) in [5.74, 6) is -1.55. The maximum atomic E-state index is 13.1. The molecule has 3 aliphatic rings. The van der Waals surface area contributed by atoms with Crippen molar-refractivity contribution in [1.29, 1.82) is 0 Å². The molecule has 0 unspecified atom stereocenters. The summed E-state index contributed by atoms with van der Waals surface area (Å²) >= 11 is 0. The summed E-state index contributed by atoms with van der Waals surface area (Å²) < 4.78 is 0. The summed E-state index contributed by atoms with van der Waals surface area (Å²) in [7, 11) is 0. The fourth-order valence-electron chi connectivity index (χ4n) is 5.36. The minimum atomic E-state index is -1.12. The monoisotopic (exact) mass is 426 g/mol. The Morgan fingerprint density at radius 1 is 1.10 bits per heavy atom. The smallest absolute Gasteiger partial charge is 0.328 e. The lowest BCUT2D eigenvalue weighted by Crippen LogP contribution is -2.55. The number of piperazine rings is 1. The number of benzene rings is 1. The van der Waals surface area contributed by atoms with E-state index in [0.717, 1.165) is 18.4 Å². The van der Waals surface area contributed by atoms with Gasteiger partial charge >= 0.3 is 6.03 Å². The predicted molar refractivity (Wildman–Crippen MR) is 109 cm³/mol. The first kappa shape index (κ1) is 21.3. The Hall–Kier alpha value is -2.90. The molecule has 0 spiro atoms. The number of hydrogen-bond acceptors (Lipinski definition) is 5. The van der Waals surface area contributed by atoms with Crippen molar-refractivity contribution in [3.05, 3.63) is 35.9 Å². The van der Waals surface area contributed by atoms with Crippen LogP contribution in [0.1, 0.15) is 57.1 Å². The second-order valence-electron chi connectivity index (χ2n) is 9.06. The molecule has 1 aromatic carbocycles. The molecule has 0 aromatic heterocycles. The zero-order valence-corrected chi connectivity index (χ0v) is 17.8. The molecular weight excluding hydrogens is 398 g/mol. The molecule has 2 heterocycles. The number of hydrogen-bond donors (Lipinski definition) is 0. The van der Waals surface area contributed by atoms with Crippen LogP contribution in [0, 0.1) is 5.41 Å². The van der Waals surface area contributed by atoms with Gasteiger partial charge in [-0.15, -0.1) is 0 Å². The summed E-state index contributed by atoms with van der Waals surface area (Å²) in [6.45, 7) is 2.63. The van der Waals surface area contributed by atoms with Gasteiger partial charge in [0.25, 0.3) is 5.91 Å². The van der Waals surface area contributed by atoms with Crippen molar-refractivity contribution in [3.8, 4) is 0 Å². The fraction of sp³-hybridized carbons (Fsp3) is 0.565. The highest BCUT2D eigenvalue weighted by Crippen LogP contribution is 2.44. The second-order valence-corrected chi connectivity index (χ2v) is 9.06. The van der Waals surface area contributed by atoms with E-state index in [0.29, 0.717) is 25.9 Å². The molecule has 31 heavy (non-hydrogen) atoms. The number of amides is 4. The minimum absolute atomic E-state index is 0.109. The Balaban J connectivity index is 1.45. The van der Waals surface area contributed by atoms with Gasteiger partial charge in [0.1, 0.15) is 6.04 Å². The topological polar surface area (TPSA) is 101 Å². The van der Waals surface area contributed by atoms with E-state index < -0.39 is 17.4 Å². The molecule has 1 aliphatic carbocycles. The van der Waals surface area contributed by atoms with Gasteiger partial charge in [0.05, 0.1) is 12.6 Å². The Morgan fingerprint density at radius 3 is 2.42 bits per heavy atom. The van der Waals surface area contributed by atoms with Crippen molar-refractivity contribution in [2.75, 3.05) is 19.6 Å². The molecule has 2 saturated heterocycles. The van der Waals surface area contributed by atoms with Crippen LogP contribution in [-0.4, -0.2) is 64.2 Å². The summed E-state index contributed by atoms with van der Waals surface area (Å²) in [6, 6.07) is 8.01. The van der Waals surface area contributed by atoms with E-state index in [1.807, 2.05) is 37.3 Å². The van der Waals surface area contributed by atoms with Crippen molar-refractivity contribution in [2.45, 2.75) is 57.5 Å². The van der Waals surface area contributed by atoms with E-state index in [9.17, 15) is 24.3 Å². The SMILES string of the molecule is C[C@@H](c1ccccc1)N1C(=O)[C@@H]2CN(C(=O)CC3(CC(=O)[O-])CCCC3)CCN2C1=O. The van der Waals surface area contributed by atoms with Crippen molar-refractivity contribution >= 4 is 23.8 Å². The van der Waals surface area contributed by atoms with E-state index >= 15 is 0 Å². The molecule has 4 amide bonds. The third-order valence-corrected chi connectivity index (χ3v) is 7.09. The molecule has 0 N–H and O–H groups in total. The number of nitrogens with zero attached hydrogens (tertiary/aromatic N) is 3. The molecule has 8 nitrogen and oxygen atoms in total. The number of urea groups is 1. The first-order valence-electron chi connectivity index (χ1n) is 11.0. The van der Waals surface area contributed by atoms with E-state index in [1.165, 1.54) is 4.90 Å². The molecule has 2 atom stereocenters. The Labute approximate surface area is 181 Å². The number of rotatable bonds is 6. The van der Waals surface area contributed by atoms with E-state index in [-0.39, 0.29) is 43.3 Å². The third-order valence-electron chi connectivity index (χ3n) is 7.09. The minimum Gasteiger partial charge on any atom is -0.550 e. The van der Waals surface area contributed by atoms with Gasteiger partial charge in [-0.25, -0.2) is 4.79 Å². The van der Waals surface area contributed by atoms with Gasteiger partial charge in [0, 0.05) is 25.5 Å². The quantitative estimate of drug-likeness (QED) is 0.639. The summed E-state index contributed by atoms with van der Waals surface area (Å²) in [4.78, 5) is 54.8. The normalized spacial score (nSPS) is 23.8. The van der Waals surface area contributed by atoms with Crippen molar-refractivity contribution in [1.82, 2.24) is 14.7 Å². The molecule has 1 aromatic rings. The molecule has 0 bridgehead atoms. The molecule has 3 fully saturated rings. The van der Waals surface area contributed by atoms with Gasteiger partial charge < -0.3 is 19.7 Å². The first-order valence-corrected chi connectivity index (χ1v) is 11.0. The molecular formula is C23H28N3O5-. The van der Waals surface area contributed by atoms with Crippen molar-refractivity contribution in [2.24, 2.45) is 5.41 Å². The van der Waals surface area contributed by atoms with Gasteiger partial charge in [-0.1, -0.05) is 43.2 Å². The van der Waals surface area contributed by atoms with Crippen LogP contribution in [0.4, 0.5) is 4.79 Å². The average molecular weight is 426 g/mol. The van der Waals surface area contributed by atoms with Gasteiger partial charge in [0.2, 0.25) is 5.91 Å². The number of aliphatic carboxylic acids is 1. The van der Waals surface area contributed by atoms with Crippen molar-refractivity contribution < 1.29 is 24.3 Å². The predicted octanol–water partition coefficient (Wildman–Crippen LogP) is 1.31. The highest BCUT2D eigenvalue weighted by atomic mass is 16.4. The van der Waals surface area contributed by atoms with Gasteiger partial charge in [-0.05, 0) is 37.2 Å². The summed E-state index contributed by atoms with van der Waals surface area (Å²) in [5.41, 5.74) is 0.332. The lowest BCUT2D eigenvalue weighted by Gasteiger charge is -2.38. The Kier molecular flexibility index (Phi) is 5.73. The summed E-state index contributed by atoms with van der Waals surface area (Å²) in [6.07, 6.45) is 3.28. The molecule has 8 heteroatoms. The van der Waals surface area contributed by atoms with Crippen LogP contribution >= 0.6 is 0 Å². The lowest BCUT2D eigenvalue weighted by atomic mass is 9.79. The van der Waals surface area contributed by atoms with E-state index in [4.69, 9.17) is 0 Å². The van der Waals surface area contributed by atoms with Crippen LogP contribution in [0.2, 0.25) is 0 Å². The average Bonchev–Trinajstić information content (AvgIpc) is 3.30. The third kappa shape index (κ3) is 4.03. The molecule has 2 aliphatic heterocycles.